The Morgan fingerprint density at radius 1 is 0.760 bits per heavy atom. The highest BCUT2D eigenvalue weighted by Gasteiger charge is 2.39. The van der Waals surface area contributed by atoms with Gasteiger partial charge in [-0.05, 0) is 24.3 Å². The lowest BCUT2D eigenvalue weighted by Crippen LogP contribution is -2.35. The molecule has 0 unspecified atom stereocenters. The predicted octanol–water partition coefficient (Wildman–Crippen LogP) is 6.35. The molecule has 3 aromatic rings. The van der Waals surface area contributed by atoms with Crippen LogP contribution >= 0.6 is 23.4 Å². The molecule has 1 heterocycles. The van der Waals surface area contributed by atoms with Crippen LogP contribution in [0.5, 0.6) is 0 Å². The molecular formula is C22H17ClOS. The van der Waals surface area contributed by atoms with Gasteiger partial charge in [-0.1, -0.05) is 72.3 Å². The van der Waals surface area contributed by atoms with Crippen LogP contribution in [0.2, 0.25) is 5.02 Å². The fourth-order valence-electron chi connectivity index (χ4n) is 3.08. The maximum absolute atomic E-state index is 6.67. The maximum atomic E-state index is 6.67. The summed E-state index contributed by atoms with van der Waals surface area (Å²) in [7, 11) is 0. The molecular weight excluding hydrogens is 348 g/mol. The van der Waals surface area contributed by atoms with Crippen LogP contribution in [0.15, 0.2) is 90.3 Å². The van der Waals surface area contributed by atoms with Crippen LogP contribution in [0.4, 0.5) is 0 Å². The van der Waals surface area contributed by atoms with Crippen molar-refractivity contribution in [2.24, 2.45) is 0 Å². The number of hydrogen-bond acceptors (Lipinski definition) is 2. The summed E-state index contributed by atoms with van der Waals surface area (Å²) in [4.78, 5) is 0. The van der Waals surface area contributed by atoms with Gasteiger partial charge in [-0.25, -0.2) is 0 Å². The van der Waals surface area contributed by atoms with E-state index in [9.17, 15) is 0 Å². The molecule has 0 saturated heterocycles. The summed E-state index contributed by atoms with van der Waals surface area (Å²) in [6.07, 6.45) is 0. The zero-order valence-electron chi connectivity index (χ0n) is 13.6. The Morgan fingerprint density at radius 3 is 1.88 bits per heavy atom. The molecule has 124 valence electrons. The standard InChI is InChI=1S/C22H17ClOS/c23-20-13-11-17(12-14-20)21-15-25-16-22(24-21,18-7-3-1-4-8-18)19-9-5-2-6-10-19/h1-15H,16H2. The van der Waals surface area contributed by atoms with Crippen LogP contribution in [0.25, 0.3) is 5.76 Å². The molecule has 0 aromatic heterocycles. The normalized spacial score (nSPS) is 16.0. The molecule has 0 radical (unpaired) electrons. The molecule has 0 bridgehead atoms. The third-order valence-electron chi connectivity index (χ3n) is 4.37. The molecule has 4 rings (SSSR count). The van der Waals surface area contributed by atoms with Crippen LogP contribution < -0.4 is 0 Å². The number of hydrogen-bond donors (Lipinski definition) is 0. The minimum atomic E-state index is -0.503. The number of thioether (sulfide) groups is 1. The highest BCUT2D eigenvalue weighted by Crippen LogP contribution is 2.44. The third-order valence-corrected chi connectivity index (χ3v) is 5.58. The number of halogens is 1. The summed E-state index contributed by atoms with van der Waals surface area (Å²) >= 11 is 7.81. The zero-order valence-corrected chi connectivity index (χ0v) is 15.1. The van der Waals surface area contributed by atoms with E-state index in [4.69, 9.17) is 16.3 Å². The molecule has 1 aliphatic heterocycles. The topological polar surface area (TPSA) is 9.23 Å². The summed E-state index contributed by atoms with van der Waals surface area (Å²) in [5.74, 6) is 1.71. The van der Waals surface area contributed by atoms with Crippen molar-refractivity contribution >= 4 is 29.1 Å². The SMILES string of the molecule is Clc1ccc(C2=CSCC(c3ccccc3)(c3ccccc3)O2)cc1. The summed E-state index contributed by atoms with van der Waals surface area (Å²) in [5.41, 5.74) is 2.85. The highest BCUT2D eigenvalue weighted by molar-refractivity contribution is 8.02. The molecule has 0 N–H and O–H groups in total. The average molecular weight is 365 g/mol. The van der Waals surface area contributed by atoms with E-state index in [2.05, 4.69) is 53.9 Å². The van der Waals surface area contributed by atoms with Crippen LogP contribution in [0.1, 0.15) is 16.7 Å². The molecule has 0 aliphatic carbocycles. The van der Waals surface area contributed by atoms with Crippen LogP contribution in [0.3, 0.4) is 0 Å². The maximum Gasteiger partial charge on any atom is 0.168 e. The van der Waals surface area contributed by atoms with Gasteiger partial charge in [0.25, 0.3) is 0 Å². The molecule has 0 spiro atoms. The summed E-state index contributed by atoms with van der Waals surface area (Å²) < 4.78 is 6.67. The van der Waals surface area contributed by atoms with Gasteiger partial charge in [0.05, 0.1) is 0 Å². The summed E-state index contributed by atoms with van der Waals surface area (Å²) in [6, 6.07) is 28.7. The Morgan fingerprint density at radius 2 is 1.32 bits per heavy atom. The van der Waals surface area contributed by atoms with E-state index in [-0.39, 0.29) is 0 Å². The lowest BCUT2D eigenvalue weighted by Gasteiger charge is -2.38. The van der Waals surface area contributed by atoms with Gasteiger partial charge in [-0.2, -0.15) is 0 Å². The van der Waals surface area contributed by atoms with Crippen LogP contribution in [0, 0.1) is 0 Å². The largest absolute Gasteiger partial charge is 0.476 e. The predicted molar refractivity (Wildman–Crippen MR) is 107 cm³/mol. The first-order chi connectivity index (χ1) is 12.3. The summed E-state index contributed by atoms with van der Waals surface area (Å²) in [6.45, 7) is 0. The van der Waals surface area contributed by atoms with Gasteiger partial charge in [0.2, 0.25) is 0 Å². The van der Waals surface area contributed by atoms with E-state index in [0.29, 0.717) is 0 Å². The fourth-order valence-corrected chi connectivity index (χ4v) is 4.25. The van der Waals surface area contributed by atoms with E-state index in [1.807, 2.05) is 36.4 Å². The Labute approximate surface area is 157 Å². The van der Waals surface area contributed by atoms with E-state index < -0.39 is 5.60 Å². The molecule has 1 nitrogen and oxygen atoms in total. The van der Waals surface area contributed by atoms with Crippen molar-refractivity contribution in [1.82, 2.24) is 0 Å². The van der Waals surface area contributed by atoms with E-state index in [1.54, 1.807) is 11.8 Å². The average Bonchev–Trinajstić information content (AvgIpc) is 2.70. The van der Waals surface area contributed by atoms with Gasteiger partial charge < -0.3 is 4.74 Å². The Bertz CT molecular complexity index is 833. The third kappa shape index (κ3) is 3.20. The van der Waals surface area contributed by atoms with Gasteiger partial charge in [-0.3, -0.25) is 0 Å². The quantitative estimate of drug-likeness (QED) is 0.535. The number of rotatable bonds is 3. The van der Waals surface area contributed by atoms with Gasteiger partial charge in [0, 0.05) is 32.9 Å². The fraction of sp³-hybridized carbons (Fsp3) is 0.0909. The zero-order chi connectivity index (χ0) is 17.1. The van der Waals surface area contributed by atoms with Gasteiger partial charge in [0.1, 0.15) is 5.76 Å². The second-order valence-electron chi connectivity index (χ2n) is 5.96. The van der Waals surface area contributed by atoms with Crippen molar-refractivity contribution in [3.63, 3.8) is 0 Å². The highest BCUT2D eigenvalue weighted by atomic mass is 35.5. The van der Waals surface area contributed by atoms with Crippen molar-refractivity contribution in [2.45, 2.75) is 5.60 Å². The van der Waals surface area contributed by atoms with Gasteiger partial charge in [0.15, 0.2) is 5.60 Å². The van der Waals surface area contributed by atoms with Gasteiger partial charge in [-0.15, -0.1) is 11.8 Å². The van der Waals surface area contributed by atoms with E-state index in [0.717, 1.165) is 33.2 Å². The van der Waals surface area contributed by atoms with Crippen molar-refractivity contribution in [1.29, 1.82) is 0 Å². The molecule has 25 heavy (non-hydrogen) atoms. The Hall–Kier alpha value is -2.16. The Kier molecular flexibility index (Phi) is 4.56. The minimum Gasteiger partial charge on any atom is -0.476 e. The van der Waals surface area contributed by atoms with Crippen molar-refractivity contribution < 1.29 is 4.74 Å². The Balaban J connectivity index is 1.80. The van der Waals surface area contributed by atoms with Crippen molar-refractivity contribution in [3.05, 3.63) is 112 Å². The first-order valence-electron chi connectivity index (χ1n) is 8.16. The number of ether oxygens (including phenoxy) is 1. The molecule has 0 atom stereocenters. The molecule has 3 aromatic carbocycles. The lowest BCUT2D eigenvalue weighted by molar-refractivity contribution is 0.101. The molecule has 0 saturated carbocycles. The first kappa shape index (κ1) is 16.3. The van der Waals surface area contributed by atoms with E-state index >= 15 is 0 Å². The molecule has 3 heteroatoms. The number of benzene rings is 3. The monoisotopic (exact) mass is 364 g/mol. The smallest absolute Gasteiger partial charge is 0.168 e. The second kappa shape index (κ2) is 6.99. The molecule has 1 aliphatic rings. The van der Waals surface area contributed by atoms with Crippen molar-refractivity contribution in [3.8, 4) is 0 Å². The molecule has 0 fully saturated rings. The van der Waals surface area contributed by atoms with E-state index in [1.165, 1.54) is 0 Å². The lowest BCUT2D eigenvalue weighted by atomic mass is 9.87. The first-order valence-corrected chi connectivity index (χ1v) is 9.58. The minimum absolute atomic E-state index is 0.503. The molecule has 0 amide bonds. The second-order valence-corrected chi connectivity index (χ2v) is 7.26. The van der Waals surface area contributed by atoms with Crippen LogP contribution in [-0.2, 0) is 10.3 Å². The summed E-state index contributed by atoms with van der Waals surface area (Å²) in [5, 5.41) is 2.82. The van der Waals surface area contributed by atoms with Gasteiger partial charge >= 0.3 is 0 Å². The van der Waals surface area contributed by atoms with Crippen molar-refractivity contribution in [2.75, 3.05) is 5.75 Å². The van der Waals surface area contributed by atoms with Crippen LogP contribution in [-0.4, -0.2) is 5.75 Å².